The second kappa shape index (κ2) is 4.00. The van der Waals surface area contributed by atoms with Gasteiger partial charge >= 0.3 is 6.03 Å². The molecule has 1 fully saturated rings. The van der Waals surface area contributed by atoms with E-state index in [1.807, 2.05) is 0 Å². The largest absolute Gasteiger partial charge is 0.331 e. The predicted molar refractivity (Wildman–Crippen MR) is 52.7 cm³/mol. The van der Waals surface area contributed by atoms with Crippen LogP contribution in [0.25, 0.3) is 0 Å². The number of urea groups is 1. The first-order chi connectivity index (χ1) is 6.00. The minimum Gasteiger partial charge on any atom is -0.331 e. The van der Waals surface area contributed by atoms with Crippen molar-refractivity contribution in [3.63, 3.8) is 0 Å². The Kier molecular flexibility index (Phi) is 3.19. The fourth-order valence-corrected chi connectivity index (χ4v) is 2.16. The lowest BCUT2D eigenvalue weighted by molar-refractivity contribution is -0.109. The van der Waals surface area contributed by atoms with Gasteiger partial charge in [0.15, 0.2) is 5.12 Å². The SMILES string of the molecule is CC(=O)SC1CN(C(=O)N(C)C)C1. The van der Waals surface area contributed by atoms with Crippen LogP contribution < -0.4 is 0 Å². The van der Waals surface area contributed by atoms with Crippen LogP contribution in [0.3, 0.4) is 0 Å². The molecule has 1 heterocycles. The van der Waals surface area contributed by atoms with Crippen LogP contribution in [0, 0.1) is 0 Å². The Hall–Kier alpha value is -0.710. The van der Waals surface area contributed by atoms with Gasteiger partial charge < -0.3 is 9.80 Å². The van der Waals surface area contributed by atoms with Gasteiger partial charge in [0.05, 0.1) is 0 Å². The summed E-state index contributed by atoms with van der Waals surface area (Å²) in [7, 11) is 3.46. The van der Waals surface area contributed by atoms with Crippen molar-refractivity contribution in [3.05, 3.63) is 0 Å². The molecule has 0 aromatic rings. The zero-order chi connectivity index (χ0) is 10.0. The van der Waals surface area contributed by atoms with Gasteiger partial charge in [-0.05, 0) is 0 Å². The summed E-state index contributed by atoms with van der Waals surface area (Å²) < 4.78 is 0. The van der Waals surface area contributed by atoms with Crippen LogP contribution in [0.15, 0.2) is 0 Å². The second-order valence-corrected chi connectivity index (χ2v) is 4.79. The smallest absolute Gasteiger partial charge is 0.319 e. The lowest BCUT2D eigenvalue weighted by Crippen LogP contribution is -2.55. The lowest BCUT2D eigenvalue weighted by atomic mass is 10.2. The number of hydrogen-bond donors (Lipinski definition) is 0. The number of nitrogens with zero attached hydrogens (tertiary/aromatic N) is 2. The molecule has 4 nitrogen and oxygen atoms in total. The van der Waals surface area contributed by atoms with Gasteiger partial charge in [-0.15, -0.1) is 0 Å². The topological polar surface area (TPSA) is 40.6 Å². The van der Waals surface area contributed by atoms with Gasteiger partial charge in [-0.3, -0.25) is 4.79 Å². The number of rotatable bonds is 1. The molecule has 0 saturated carbocycles. The Morgan fingerprint density at radius 2 is 1.92 bits per heavy atom. The summed E-state index contributed by atoms with van der Waals surface area (Å²) in [5, 5.41) is 0.434. The molecule has 0 atom stereocenters. The summed E-state index contributed by atoms with van der Waals surface area (Å²) >= 11 is 1.32. The fourth-order valence-electron chi connectivity index (χ4n) is 1.19. The van der Waals surface area contributed by atoms with Crippen LogP contribution in [0.4, 0.5) is 4.79 Å². The van der Waals surface area contributed by atoms with E-state index < -0.39 is 0 Å². The maximum atomic E-state index is 11.3. The minimum atomic E-state index is 0.0282. The molecule has 1 rings (SSSR count). The molecule has 1 aliphatic heterocycles. The van der Waals surface area contributed by atoms with E-state index in [1.165, 1.54) is 11.8 Å². The van der Waals surface area contributed by atoms with Crippen LogP contribution in [0.2, 0.25) is 0 Å². The first-order valence-electron chi connectivity index (χ1n) is 4.14. The van der Waals surface area contributed by atoms with E-state index in [1.54, 1.807) is 30.8 Å². The summed E-state index contributed by atoms with van der Waals surface area (Å²) in [6.45, 7) is 2.95. The Balaban J connectivity index is 2.25. The minimum absolute atomic E-state index is 0.0282. The normalized spacial score (nSPS) is 16.7. The van der Waals surface area contributed by atoms with Gasteiger partial charge in [-0.2, -0.15) is 0 Å². The van der Waals surface area contributed by atoms with E-state index >= 15 is 0 Å². The Morgan fingerprint density at radius 3 is 2.31 bits per heavy atom. The Labute approximate surface area is 82.3 Å². The number of likely N-dealkylation sites (tertiary alicyclic amines) is 1. The highest BCUT2D eigenvalue weighted by atomic mass is 32.2. The number of hydrogen-bond acceptors (Lipinski definition) is 3. The molecule has 0 N–H and O–H groups in total. The molecule has 0 aromatic carbocycles. The highest BCUT2D eigenvalue weighted by Crippen LogP contribution is 2.23. The van der Waals surface area contributed by atoms with E-state index in [-0.39, 0.29) is 11.1 Å². The van der Waals surface area contributed by atoms with Crippen molar-refractivity contribution in [2.24, 2.45) is 0 Å². The summed E-state index contributed by atoms with van der Waals surface area (Å²) in [4.78, 5) is 25.3. The van der Waals surface area contributed by atoms with Crippen molar-refractivity contribution in [2.75, 3.05) is 27.2 Å². The molecule has 2 amide bonds. The third-order valence-electron chi connectivity index (χ3n) is 1.83. The lowest BCUT2D eigenvalue weighted by Gasteiger charge is -2.39. The van der Waals surface area contributed by atoms with Crippen molar-refractivity contribution in [1.29, 1.82) is 0 Å². The predicted octanol–water partition coefficient (Wildman–Crippen LogP) is 0.632. The average molecular weight is 202 g/mol. The van der Waals surface area contributed by atoms with E-state index in [0.717, 1.165) is 0 Å². The zero-order valence-electron chi connectivity index (χ0n) is 8.11. The standard InChI is InChI=1S/C8H14N2O2S/c1-6(11)13-7-4-10(5-7)8(12)9(2)3/h7H,4-5H2,1-3H3. The summed E-state index contributed by atoms with van der Waals surface area (Å²) in [5.41, 5.74) is 0. The Bertz CT molecular complexity index is 224. The molecule has 13 heavy (non-hydrogen) atoms. The van der Waals surface area contributed by atoms with Gasteiger partial charge in [0.1, 0.15) is 0 Å². The van der Waals surface area contributed by atoms with Gasteiger partial charge in [-0.25, -0.2) is 4.79 Å². The maximum absolute atomic E-state index is 11.3. The van der Waals surface area contributed by atoms with Crippen LogP contribution in [0.5, 0.6) is 0 Å². The van der Waals surface area contributed by atoms with Crippen LogP contribution in [0.1, 0.15) is 6.92 Å². The summed E-state index contributed by atoms with van der Waals surface area (Å²) in [5.74, 6) is 0. The van der Waals surface area contributed by atoms with Crippen molar-refractivity contribution in [3.8, 4) is 0 Å². The monoisotopic (exact) mass is 202 g/mol. The molecular weight excluding hydrogens is 188 g/mol. The molecule has 5 heteroatoms. The summed E-state index contributed by atoms with van der Waals surface area (Å²) in [6.07, 6.45) is 0. The number of amides is 2. The highest BCUT2D eigenvalue weighted by molar-refractivity contribution is 8.14. The quantitative estimate of drug-likeness (QED) is 0.626. The van der Waals surface area contributed by atoms with Gasteiger partial charge in [0, 0.05) is 39.4 Å². The van der Waals surface area contributed by atoms with Gasteiger partial charge in [-0.1, -0.05) is 11.8 Å². The maximum Gasteiger partial charge on any atom is 0.319 e. The van der Waals surface area contributed by atoms with Crippen molar-refractivity contribution in [1.82, 2.24) is 9.80 Å². The van der Waals surface area contributed by atoms with Crippen molar-refractivity contribution in [2.45, 2.75) is 12.2 Å². The molecule has 0 spiro atoms. The molecule has 1 aliphatic rings. The molecule has 0 unspecified atom stereocenters. The summed E-state index contributed by atoms with van der Waals surface area (Å²) in [6, 6.07) is 0.0282. The molecule has 0 radical (unpaired) electrons. The van der Waals surface area contributed by atoms with Gasteiger partial charge in [0.25, 0.3) is 0 Å². The van der Waals surface area contributed by atoms with E-state index in [2.05, 4.69) is 0 Å². The number of carbonyl (C=O) groups is 2. The molecule has 0 bridgehead atoms. The van der Waals surface area contributed by atoms with E-state index in [0.29, 0.717) is 18.3 Å². The molecule has 0 aliphatic carbocycles. The first-order valence-corrected chi connectivity index (χ1v) is 5.02. The van der Waals surface area contributed by atoms with E-state index in [9.17, 15) is 9.59 Å². The van der Waals surface area contributed by atoms with Gasteiger partial charge in [0.2, 0.25) is 0 Å². The molecule has 1 saturated heterocycles. The first kappa shape index (κ1) is 10.4. The third-order valence-corrected chi connectivity index (χ3v) is 2.80. The number of carbonyl (C=O) groups excluding carboxylic acids is 2. The van der Waals surface area contributed by atoms with Crippen LogP contribution in [-0.4, -0.2) is 53.4 Å². The Morgan fingerprint density at radius 1 is 1.38 bits per heavy atom. The molecule has 74 valence electrons. The van der Waals surface area contributed by atoms with Crippen LogP contribution >= 0.6 is 11.8 Å². The number of thioether (sulfide) groups is 1. The third kappa shape index (κ3) is 2.62. The van der Waals surface area contributed by atoms with Crippen molar-refractivity contribution >= 4 is 22.9 Å². The van der Waals surface area contributed by atoms with E-state index in [4.69, 9.17) is 0 Å². The highest BCUT2D eigenvalue weighted by Gasteiger charge is 2.32. The second-order valence-electron chi connectivity index (χ2n) is 3.31. The average Bonchev–Trinajstić information content (AvgIpc) is 1.94. The zero-order valence-corrected chi connectivity index (χ0v) is 8.93. The molecule has 0 aromatic heterocycles. The van der Waals surface area contributed by atoms with Crippen LogP contribution in [-0.2, 0) is 4.79 Å². The molecular formula is C8H14N2O2S. The fraction of sp³-hybridized carbons (Fsp3) is 0.750. The van der Waals surface area contributed by atoms with Crippen molar-refractivity contribution < 1.29 is 9.59 Å².